The molecule has 2 aromatic carbocycles. The first-order valence-corrected chi connectivity index (χ1v) is 10.3. The van der Waals surface area contributed by atoms with Crippen molar-refractivity contribution in [3.8, 4) is 11.5 Å². The summed E-state index contributed by atoms with van der Waals surface area (Å²) in [6, 6.07) is 14.5. The third-order valence-electron chi connectivity index (χ3n) is 5.15. The van der Waals surface area contributed by atoms with E-state index in [1.165, 1.54) is 0 Å². The Kier molecular flexibility index (Phi) is 6.18. The van der Waals surface area contributed by atoms with Crippen molar-refractivity contribution in [2.45, 2.75) is 6.92 Å². The van der Waals surface area contributed by atoms with Gasteiger partial charge in [-0.1, -0.05) is 16.8 Å². The molecule has 0 radical (unpaired) electrons. The summed E-state index contributed by atoms with van der Waals surface area (Å²) in [7, 11) is 0. The van der Waals surface area contributed by atoms with Crippen LogP contribution in [0.15, 0.2) is 53.1 Å². The Morgan fingerprint density at radius 1 is 1.03 bits per heavy atom. The fraction of sp³-hybridized carbons (Fsp3) is 0.273. The van der Waals surface area contributed by atoms with Crippen LogP contribution in [0.5, 0.6) is 0 Å². The number of aryl methyl sites for hydroxylation is 1. The maximum absolute atomic E-state index is 12.5. The van der Waals surface area contributed by atoms with Crippen LogP contribution in [0.25, 0.3) is 11.5 Å². The fourth-order valence-corrected chi connectivity index (χ4v) is 3.54. The van der Waals surface area contributed by atoms with Crippen LogP contribution >= 0.6 is 11.6 Å². The van der Waals surface area contributed by atoms with Crippen LogP contribution in [0.3, 0.4) is 0 Å². The van der Waals surface area contributed by atoms with Gasteiger partial charge in [0.05, 0.1) is 6.54 Å². The summed E-state index contributed by atoms with van der Waals surface area (Å²) >= 11 is 5.94. The Morgan fingerprint density at radius 2 is 1.71 bits per heavy atom. The number of benzene rings is 2. The normalized spacial score (nSPS) is 13.9. The molecular weight excluding hydrogens is 418 g/mol. The van der Waals surface area contributed by atoms with Crippen molar-refractivity contribution in [1.29, 1.82) is 0 Å². The van der Waals surface area contributed by atoms with Gasteiger partial charge in [0.1, 0.15) is 0 Å². The van der Waals surface area contributed by atoms with Gasteiger partial charge >= 0.3 is 0 Å². The first kappa shape index (κ1) is 20.9. The van der Waals surface area contributed by atoms with E-state index in [4.69, 9.17) is 16.1 Å². The highest BCUT2D eigenvalue weighted by atomic mass is 35.5. The molecule has 0 saturated carbocycles. The molecule has 0 aliphatic carbocycles. The summed E-state index contributed by atoms with van der Waals surface area (Å²) in [5.41, 5.74) is 2.27. The zero-order valence-corrected chi connectivity index (χ0v) is 17.8. The number of hydrogen-bond donors (Lipinski definition) is 1. The molecule has 3 aromatic rings. The molecule has 1 aromatic heterocycles. The van der Waals surface area contributed by atoms with Crippen molar-refractivity contribution in [3.63, 3.8) is 0 Å². The topological polar surface area (TPSA) is 91.6 Å². The SMILES string of the molecule is Cc1noc(-c2ccc(C(=O)NCC(=O)N3CCN(c4ccc(Cl)cc4)CC3)cc2)n1. The quantitative estimate of drug-likeness (QED) is 0.657. The number of rotatable bonds is 5. The van der Waals surface area contributed by atoms with Crippen LogP contribution in [0.2, 0.25) is 5.02 Å². The highest BCUT2D eigenvalue weighted by molar-refractivity contribution is 6.30. The van der Waals surface area contributed by atoms with Gasteiger partial charge in [-0.25, -0.2) is 0 Å². The van der Waals surface area contributed by atoms with Crippen molar-refractivity contribution in [1.82, 2.24) is 20.4 Å². The van der Waals surface area contributed by atoms with E-state index in [1.807, 2.05) is 24.3 Å². The second-order valence-corrected chi connectivity index (χ2v) is 7.69. The zero-order valence-electron chi connectivity index (χ0n) is 17.0. The first-order valence-electron chi connectivity index (χ1n) is 9.97. The summed E-state index contributed by atoms with van der Waals surface area (Å²) < 4.78 is 5.12. The van der Waals surface area contributed by atoms with Crippen LogP contribution in [0, 0.1) is 6.92 Å². The predicted octanol–water partition coefficient (Wildman–Crippen LogP) is 2.78. The predicted molar refractivity (Wildman–Crippen MR) is 117 cm³/mol. The van der Waals surface area contributed by atoms with E-state index < -0.39 is 0 Å². The molecule has 1 aliphatic rings. The Balaban J connectivity index is 1.26. The van der Waals surface area contributed by atoms with Crippen LogP contribution < -0.4 is 10.2 Å². The number of piperazine rings is 1. The summed E-state index contributed by atoms with van der Waals surface area (Å²) in [4.78, 5) is 33.0. The molecule has 1 saturated heterocycles. The van der Waals surface area contributed by atoms with Crippen molar-refractivity contribution < 1.29 is 14.1 Å². The Hall–Kier alpha value is -3.39. The highest BCUT2D eigenvalue weighted by Crippen LogP contribution is 2.20. The molecule has 9 heteroatoms. The smallest absolute Gasteiger partial charge is 0.257 e. The van der Waals surface area contributed by atoms with Gasteiger partial charge in [-0.05, 0) is 55.5 Å². The van der Waals surface area contributed by atoms with Crippen LogP contribution in [-0.4, -0.2) is 59.6 Å². The molecule has 0 bridgehead atoms. The van der Waals surface area contributed by atoms with Crippen molar-refractivity contribution in [2.75, 3.05) is 37.6 Å². The number of halogens is 1. The number of nitrogens with one attached hydrogen (secondary N) is 1. The minimum absolute atomic E-state index is 0.0373. The molecule has 0 unspecified atom stereocenters. The highest BCUT2D eigenvalue weighted by Gasteiger charge is 2.21. The molecule has 160 valence electrons. The lowest BCUT2D eigenvalue weighted by Gasteiger charge is -2.36. The van der Waals surface area contributed by atoms with Crippen molar-refractivity contribution in [2.24, 2.45) is 0 Å². The number of anilines is 1. The molecule has 0 spiro atoms. The lowest BCUT2D eigenvalue weighted by Crippen LogP contribution is -2.51. The number of nitrogens with zero attached hydrogens (tertiary/aromatic N) is 4. The average molecular weight is 440 g/mol. The minimum atomic E-state index is -0.304. The average Bonchev–Trinajstić information content (AvgIpc) is 3.24. The van der Waals surface area contributed by atoms with Gasteiger partial charge in [0, 0.05) is 48.0 Å². The molecule has 8 nitrogen and oxygen atoms in total. The Morgan fingerprint density at radius 3 is 2.32 bits per heavy atom. The molecular formula is C22H22ClN5O3. The van der Waals surface area contributed by atoms with Gasteiger partial charge < -0.3 is 19.6 Å². The standard InChI is InChI=1S/C22H22ClN5O3/c1-15-25-22(31-26-15)17-4-2-16(3-5-17)21(30)24-14-20(29)28-12-10-27(11-13-28)19-8-6-18(23)7-9-19/h2-9H,10-14H2,1H3,(H,24,30). The molecule has 4 rings (SSSR count). The van der Waals surface area contributed by atoms with Gasteiger partial charge in [-0.3, -0.25) is 9.59 Å². The van der Waals surface area contributed by atoms with E-state index in [1.54, 1.807) is 36.1 Å². The van der Waals surface area contributed by atoms with E-state index >= 15 is 0 Å². The van der Waals surface area contributed by atoms with Gasteiger partial charge in [0.15, 0.2) is 5.82 Å². The number of carbonyl (C=O) groups is 2. The van der Waals surface area contributed by atoms with Crippen LogP contribution in [0.1, 0.15) is 16.2 Å². The number of aromatic nitrogens is 2. The second-order valence-electron chi connectivity index (χ2n) is 7.25. The van der Waals surface area contributed by atoms with E-state index in [-0.39, 0.29) is 18.4 Å². The fourth-order valence-electron chi connectivity index (χ4n) is 3.41. The molecule has 1 N–H and O–H groups in total. The summed E-state index contributed by atoms with van der Waals surface area (Å²) in [6.07, 6.45) is 0. The Bertz CT molecular complexity index is 1060. The molecule has 2 heterocycles. The number of amides is 2. The number of carbonyl (C=O) groups excluding carboxylic acids is 2. The maximum atomic E-state index is 12.5. The van der Waals surface area contributed by atoms with Gasteiger partial charge in [0.2, 0.25) is 5.91 Å². The Labute approximate surface area is 184 Å². The molecule has 2 amide bonds. The second kappa shape index (κ2) is 9.18. The van der Waals surface area contributed by atoms with Crippen molar-refractivity contribution in [3.05, 3.63) is 64.9 Å². The summed E-state index contributed by atoms with van der Waals surface area (Å²) in [5.74, 6) is 0.546. The van der Waals surface area contributed by atoms with E-state index in [2.05, 4.69) is 20.4 Å². The molecule has 1 fully saturated rings. The summed E-state index contributed by atoms with van der Waals surface area (Å²) in [6.45, 7) is 4.38. The molecule has 0 atom stereocenters. The van der Waals surface area contributed by atoms with Crippen LogP contribution in [0.4, 0.5) is 5.69 Å². The molecule has 1 aliphatic heterocycles. The summed E-state index contributed by atoms with van der Waals surface area (Å²) in [5, 5.41) is 7.15. The van der Waals surface area contributed by atoms with Gasteiger partial charge in [-0.15, -0.1) is 0 Å². The largest absolute Gasteiger partial charge is 0.368 e. The monoisotopic (exact) mass is 439 g/mol. The van der Waals surface area contributed by atoms with E-state index in [9.17, 15) is 9.59 Å². The maximum Gasteiger partial charge on any atom is 0.257 e. The van der Waals surface area contributed by atoms with E-state index in [0.29, 0.717) is 35.4 Å². The minimum Gasteiger partial charge on any atom is -0.368 e. The number of hydrogen-bond acceptors (Lipinski definition) is 6. The van der Waals surface area contributed by atoms with Crippen molar-refractivity contribution >= 4 is 29.1 Å². The van der Waals surface area contributed by atoms with E-state index in [0.717, 1.165) is 24.3 Å². The lowest BCUT2D eigenvalue weighted by atomic mass is 10.1. The van der Waals surface area contributed by atoms with Gasteiger partial charge in [0.25, 0.3) is 11.8 Å². The zero-order chi connectivity index (χ0) is 21.8. The van der Waals surface area contributed by atoms with Gasteiger partial charge in [-0.2, -0.15) is 4.98 Å². The van der Waals surface area contributed by atoms with Crippen LogP contribution in [-0.2, 0) is 4.79 Å². The lowest BCUT2D eigenvalue weighted by molar-refractivity contribution is -0.130. The third-order valence-corrected chi connectivity index (χ3v) is 5.40. The molecule has 31 heavy (non-hydrogen) atoms. The third kappa shape index (κ3) is 5.03. The first-order chi connectivity index (χ1) is 15.0.